The number of fused-ring (bicyclic) bond motifs is 1. The van der Waals surface area contributed by atoms with Gasteiger partial charge in [0.15, 0.2) is 6.61 Å². The summed E-state index contributed by atoms with van der Waals surface area (Å²) >= 11 is 0. The highest BCUT2D eigenvalue weighted by Crippen LogP contribution is 2.23. The minimum Gasteiger partial charge on any atom is -0.484 e. The summed E-state index contributed by atoms with van der Waals surface area (Å²) < 4.78 is 45.2. The van der Waals surface area contributed by atoms with E-state index in [1.54, 1.807) is 0 Å². The van der Waals surface area contributed by atoms with Gasteiger partial charge in [0.1, 0.15) is 16.9 Å². The maximum atomic E-state index is 12.0. The normalized spacial score (nSPS) is 11.6. The second-order valence-corrected chi connectivity index (χ2v) is 3.86. The highest BCUT2D eigenvalue weighted by Gasteiger charge is 2.28. The summed E-state index contributed by atoms with van der Waals surface area (Å²) in [5.74, 6) is -1.58. The van der Waals surface area contributed by atoms with Crippen molar-refractivity contribution in [3.05, 3.63) is 40.2 Å². The van der Waals surface area contributed by atoms with E-state index >= 15 is 0 Å². The van der Waals surface area contributed by atoms with E-state index < -0.39 is 29.9 Å². The minimum atomic E-state index is -4.48. The molecule has 1 N–H and O–H groups in total. The van der Waals surface area contributed by atoms with Gasteiger partial charge in [0.2, 0.25) is 0 Å². The number of hydrogen-bond donors (Lipinski definition) is 1. The lowest BCUT2D eigenvalue weighted by Crippen LogP contribution is -2.19. The van der Waals surface area contributed by atoms with Gasteiger partial charge in [-0.05, 0) is 18.2 Å². The first-order valence-electron chi connectivity index (χ1n) is 5.27. The summed E-state index contributed by atoms with van der Waals surface area (Å²) in [5.41, 5.74) is -1.70. The van der Waals surface area contributed by atoms with E-state index in [9.17, 15) is 22.8 Å². The van der Waals surface area contributed by atoms with E-state index in [-0.39, 0.29) is 16.7 Å². The third kappa shape index (κ3) is 3.08. The zero-order valence-corrected chi connectivity index (χ0v) is 9.73. The Hall–Kier alpha value is -2.51. The van der Waals surface area contributed by atoms with Crippen molar-refractivity contribution in [3.8, 4) is 5.75 Å². The van der Waals surface area contributed by atoms with Crippen LogP contribution in [0.3, 0.4) is 0 Å². The molecule has 8 heteroatoms. The van der Waals surface area contributed by atoms with Crippen LogP contribution in [-0.4, -0.2) is 23.9 Å². The molecule has 5 nitrogen and oxygen atoms in total. The molecule has 0 spiro atoms. The molecule has 0 atom stereocenters. The number of hydrogen-bond acceptors (Lipinski definition) is 4. The monoisotopic (exact) mass is 288 g/mol. The van der Waals surface area contributed by atoms with Crippen molar-refractivity contribution in [3.63, 3.8) is 0 Å². The molecule has 0 saturated heterocycles. The first-order chi connectivity index (χ1) is 9.26. The van der Waals surface area contributed by atoms with Crippen molar-refractivity contribution in [2.75, 3.05) is 6.61 Å². The molecule has 0 amide bonds. The zero-order valence-electron chi connectivity index (χ0n) is 9.73. The fourth-order valence-electron chi connectivity index (χ4n) is 1.50. The lowest BCUT2D eigenvalue weighted by Gasteiger charge is -2.09. The van der Waals surface area contributed by atoms with Crippen molar-refractivity contribution in [2.45, 2.75) is 6.18 Å². The van der Waals surface area contributed by atoms with Gasteiger partial charge in [-0.2, -0.15) is 13.2 Å². The second kappa shape index (κ2) is 4.87. The number of halogens is 3. The van der Waals surface area contributed by atoms with Gasteiger partial charge in [-0.15, -0.1) is 0 Å². The second-order valence-electron chi connectivity index (χ2n) is 3.86. The third-order valence-electron chi connectivity index (χ3n) is 2.34. The molecule has 0 bridgehead atoms. The van der Waals surface area contributed by atoms with Crippen LogP contribution in [0.4, 0.5) is 13.2 Å². The largest absolute Gasteiger partial charge is 0.484 e. The number of alkyl halides is 3. The van der Waals surface area contributed by atoms with Crippen molar-refractivity contribution in [1.82, 2.24) is 0 Å². The van der Waals surface area contributed by atoms with Crippen LogP contribution >= 0.6 is 0 Å². The molecule has 2 rings (SSSR count). The summed E-state index contributed by atoms with van der Waals surface area (Å²) in [7, 11) is 0. The third-order valence-corrected chi connectivity index (χ3v) is 2.34. The molecule has 0 unspecified atom stereocenters. The molecule has 0 saturated carbocycles. The molecular weight excluding hydrogens is 281 g/mol. The van der Waals surface area contributed by atoms with E-state index in [0.29, 0.717) is 0 Å². The standard InChI is InChI=1S/C12H7F3O5/c13-12(14,15)5-19-7-2-1-6-3-8(10(16)17)11(18)20-9(6)4-7/h1-4H,5H2,(H,16,17). The van der Waals surface area contributed by atoms with Crippen LogP contribution in [0, 0.1) is 0 Å². The Morgan fingerprint density at radius 2 is 2.00 bits per heavy atom. The van der Waals surface area contributed by atoms with E-state index in [1.165, 1.54) is 12.1 Å². The lowest BCUT2D eigenvalue weighted by atomic mass is 10.2. The molecule has 1 aromatic heterocycles. The van der Waals surface area contributed by atoms with Gasteiger partial charge in [0.25, 0.3) is 0 Å². The number of carbonyl (C=O) groups is 1. The van der Waals surface area contributed by atoms with E-state index in [1.807, 2.05) is 0 Å². The van der Waals surface area contributed by atoms with Crippen LogP contribution < -0.4 is 10.4 Å². The van der Waals surface area contributed by atoms with Gasteiger partial charge in [0, 0.05) is 11.5 Å². The van der Waals surface area contributed by atoms with Gasteiger partial charge in [-0.1, -0.05) is 0 Å². The number of benzene rings is 1. The fourth-order valence-corrected chi connectivity index (χ4v) is 1.50. The smallest absolute Gasteiger partial charge is 0.422 e. The van der Waals surface area contributed by atoms with Crippen LogP contribution in [0.5, 0.6) is 5.75 Å². The molecule has 106 valence electrons. The number of rotatable bonds is 3. The van der Waals surface area contributed by atoms with Crippen LogP contribution in [0.15, 0.2) is 33.5 Å². The Morgan fingerprint density at radius 1 is 1.30 bits per heavy atom. The average molecular weight is 288 g/mol. The number of aromatic carboxylic acids is 1. The fraction of sp³-hybridized carbons (Fsp3) is 0.167. The Labute approximate surface area is 109 Å². The summed E-state index contributed by atoms with van der Waals surface area (Å²) in [6, 6.07) is 4.70. The maximum Gasteiger partial charge on any atom is 0.422 e. The van der Waals surface area contributed by atoms with Crippen molar-refractivity contribution >= 4 is 16.9 Å². The molecule has 0 fully saturated rings. The molecule has 2 aromatic rings. The van der Waals surface area contributed by atoms with E-state index in [0.717, 1.165) is 12.1 Å². The van der Waals surface area contributed by atoms with Crippen LogP contribution in [-0.2, 0) is 0 Å². The highest BCUT2D eigenvalue weighted by molar-refractivity contribution is 5.91. The van der Waals surface area contributed by atoms with E-state index in [4.69, 9.17) is 9.52 Å². The minimum absolute atomic E-state index is 0.0559. The quantitative estimate of drug-likeness (QED) is 0.878. The number of carboxylic acid groups (broad SMARTS) is 1. The molecule has 20 heavy (non-hydrogen) atoms. The van der Waals surface area contributed by atoms with Crippen LogP contribution in [0.1, 0.15) is 10.4 Å². The predicted octanol–water partition coefficient (Wildman–Crippen LogP) is 2.43. The van der Waals surface area contributed by atoms with Crippen molar-refractivity contribution < 1.29 is 32.2 Å². The highest BCUT2D eigenvalue weighted by atomic mass is 19.4. The van der Waals surface area contributed by atoms with Crippen molar-refractivity contribution in [2.24, 2.45) is 0 Å². The van der Waals surface area contributed by atoms with Crippen LogP contribution in [0.2, 0.25) is 0 Å². The maximum absolute atomic E-state index is 12.0. The van der Waals surface area contributed by atoms with Gasteiger partial charge >= 0.3 is 17.8 Å². The Balaban J connectivity index is 2.38. The van der Waals surface area contributed by atoms with Crippen molar-refractivity contribution in [1.29, 1.82) is 0 Å². The van der Waals surface area contributed by atoms with Gasteiger partial charge in [0.05, 0.1) is 0 Å². The Kier molecular flexibility index (Phi) is 3.39. The molecular formula is C12H7F3O5. The first kappa shape index (κ1) is 13.9. The summed E-state index contributed by atoms with van der Waals surface area (Å²) in [5, 5.41) is 9.01. The molecule has 0 aliphatic carbocycles. The summed E-state index contributed by atoms with van der Waals surface area (Å²) in [6.07, 6.45) is -4.48. The topological polar surface area (TPSA) is 76.7 Å². The first-order valence-corrected chi connectivity index (χ1v) is 5.27. The Bertz CT molecular complexity index is 717. The summed E-state index contributed by atoms with van der Waals surface area (Å²) in [6.45, 7) is -1.48. The average Bonchev–Trinajstić information content (AvgIpc) is 2.34. The molecule has 0 aliphatic heterocycles. The number of carboxylic acids is 1. The molecule has 0 radical (unpaired) electrons. The lowest BCUT2D eigenvalue weighted by molar-refractivity contribution is -0.153. The SMILES string of the molecule is O=C(O)c1cc2ccc(OCC(F)(F)F)cc2oc1=O. The molecule has 0 aliphatic rings. The van der Waals surface area contributed by atoms with E-state index in [2.05, 4.69) is 4.74 Å². The van der Waals surface area contributed by atoms with Gasteiger partial charge in [-0.3, -0.25) is 0 Å². The Morgan fingerprint density at radius 3 is 2.60 bits per heavy atom. The number of ether oxygens (including phenoxy) is 1. The zero-order chi connectivity index (χ0) is 14.9. The molecule has 1 aromatic carbocycles. The molecule has 1 heterocycles. The van der Waals surface area contributed by atoms with Gasteiger partial charge in [-0.25, -0.2) is 9.59 Å². The van der Waals surface area contributed by atoms with Gasteiger partial charge < -0.3 is 14.3 Å². The summed E-state index contributed by atoms with van der Waals surface area (Å²) in [4.78, 5) is 22.1. The van der Waals surface area contributed by atoms with Crippen LogP contribution in [0.25, 0.3) is 11.0 Å². The predicted molar refractivity (Wildman–Crippen MR) is 61.0 cm³/mol.